The molecule has 0 aromatic heterocycles. The third-order valence-electron chi connectivity index (χ3n) is 2.66. The third kappa shape index (κ3) is 3.28. The van der Waals surface area contributed by atoms with Gasteiger partial charge in [0.1, 0.15) is 12.0 Å². The number of hydrogen-bond donors (Lipinski definition) is 0. The van der Waals surface area contributed by atoms with Crippen molar-refractivity contribution in [3.63, 3.8) is 0 Å². The van der Waals surface area contributed by atoms with Gasteiger partial charge in [-0.3, -0.25) is 4.79 Å². The Bertz CT molecular complexity index is 611. The van der Waals surface area contributed by atoms with Crippen LogP contribution in [0.2, 0.25) is 5.02 Å². The SMILES string of the molecule is CCOc1ccc(C=O)cc1-c1cc(I)ccc1Cl. The molecule has 0 saturated carbocycles. The highest BCUT2D eigenvalue weighted by molar-refractivity contribution is 14.1. The van der Waals surface area contributed by atoms with E-state index in [2.05, 4.69) is 22.6 Å². The average Bonchev–Trinajstić information content (AvgIpc) is 2.42. The lowest BCUT2D eigenvalue weighted by molar-refractivity contribution is 0.112. The number of hydrogen-bond acceptors (Lipinski definition) is 2. The molecule has 2 rings (SSSR count). The molecule has 0 atom stereocenters. The molecular weight excluding hydrogens is 375 g/mol. The minimum Gasteiger partial charge on any atom is -0.493 e. The molecule has 0 bridgehead atoms. The quantitative estimate of drug-likeness (QED) is 0.556. The van der Waals surface area contributed by atoms with E-state index in [1.165, 1.54) is 0 Å². The van der Waals surface area contributed by atoms with Crippen LogP contribution < -0.4 is 4.74 Å². The minimum absolute atomic E-state index is 0.564. The highest BCUT2D eigenvalue weighted by Gasteiger charge is 2.11. The van der Waals surface area contributed by atoms with E-state index in [0.29, 0.717) is 17.2 Å². The van der Waals surface area contributed by atoms with E-state index in [4.69, 9.17) is 16.3 Å². The van der Waals surface area contributed by atoms with Gasteiger partial charge in [0.25, 0.3) is 0 Å². The molecule has 98 valence electrons. The minimum atomic E-state index is 0.564. The standard InChI is InChI=1S/C15H12ClIO2/c1-2-19-15-6-3-10(9-18)7-13(15)12-8-11(17)4-5-14(12)16/h3-9H,2H2,1H3. The molecule has 0 heterocycles. The summed E-state index contributed by atoms with van der Waals surface area (Å²) in [6, 6.07) is 11.1. The summed E-state index contributed by atoms with van der Waals surface area (Å²) in [6.07, 6.45) is 0.820. The third-order valence-corrected chi connectivity index (χ3v) is 3.66. The summed E-state index contributed by atoms with van der Waals surface area (Å²) in [5, 5.41) is 0.643. The van der Waals surface area contributed by atoms with Crippen LogP contribution in [-0.4, -0.2) is 12.9 Å². The molecule has 0 aliphatic carbocycles. The van der Waals surface area contributed by atoms with Gasteiger partial charge in [-0.15, -0.1) is 0 Å². The molecule has 0 radical (unpaired) electrons. The smallest absolute Gasteiger partial charge is 0.150 e. The topological polar surface area (TPSA) is 26.3 Å². The molecule has 0 amide bonds. The van der Waals surface area contributed by atoms with E-state index in [0.717, 1.165) is 26.7 Å². The molecule has 0 N–H and O–H groups in total. The lowest BCUT2D eigenvalue weighted by Crippen LogP contribution is -1.96. The summed E-state index contributed by atoms with van der Waals surface area (Å²) in [5.74, 6) is 0.733. The molecule has 0 fully saturated rings. The van der Waals surface area contributed by atoms with E-state index < -0.39 is 0 Å². The van der Waals surface area contributed by atoms with Crippen LogP contribution in [0.1, 0.15) is 17.3 Å². The van der Waals surface area contributed by atoms with Crippen molar-refractivity contribution >= 4 is 40.5 Å². The normalized spacial score (nSPS) is 10.3. The zero-order valence-electron chi connectivity index (χ0n) is 10.3. The van der Waals surface area contributed by atoms with Crippen LogP contribution >= 0.6 is 34.2 Å². The Balaban J connectivity index is 2.63. The summed E-state index contributed by atoms with van der Waals surface area (Å²) in [4.78, 5) is 10.9. The van der Waals surface area contributed by atoms with Gasteiger partial charge in [0.2, 0.25) is 0 Å². The summed E-state index contributed by atoms with van der Waals surface area (Å²) in [6.45, 7) is 2.49. The van der Waals surface area contributed by atoms with E-state index in [-0.39, 0.29) is 0 Å². The highest BCUT2D eigenvalue weighted by Crippen LogP contribution is 2.36. The first-order valence-corrected chi connectivity index (χ1v) is 7.29. The van der Waals surface area contributed by atoms with E-state index in [1.807, 2.05) is 25.1 Å². The second kappa shape index (κ2) is 6.39. The molecule has 19 heavy (non-hydrogen) atoms. The van der Waals surface area contributed by atoms with Crippen LogP contribution in [0.15, 0.2) is 36.4 Å². The Morgan fingerprint density at radius 2 is 2.00 bits per heavy atom. The van der Waals surface area contributed by atoms with Gasteiger partial charge in [0, 0.05) is 25.3 Å². The Hall–Kier alpha value is -1.07. The fraction of sp³-hybridized carbons (Fsp3) is 0.133. The molecule has 4 heteroatoms. The zero-order chi connectivity index (χ0) is 13.8. The van der Waals surface area contributed by atoms with Crippen molar-refractivity contribution in [2.24, 2.45) is 0 Å². The molecule has 0 saturated heterocycles. The number of halogens is 2. The maximum Gasteiger partial charge on any atom is 0.150 e. The van der Waals surface area contributed by atoms with Crippen molar-refractivity contribution < 1.29 is 9.53 Å². The van der Waals surface area contributed by atoms with Crippen molar-refractivity contribution in [3.05, 3.63) is 50.6 Å². The zero-order valence-corrected chi connectivity index (χ0v) is 13.2. The van der Waals surface area contributed by atoms with Gasteiger partial charge in [0.05, 0.1) is 6.61 Å². The van der Waals surface area contributed by atoms with Crippen LogP contribution in [0, 0.1) is 3.57 Å². The second-order valence-corrected chi connectivity index (χ2v) is 5.58. The van der Waals surface area contributed by atoms with Crippen molar-refractivity contribution in [2.45, 2.75) is 6.92 Å². The molecule has 0 spiro atoms. The van der Waals surface area contributed by atoms with Crippen LogP contribution in [0.25, 0.3) is 11.1 Å². The predicted octanol–water partition coefficient (Wildman–Crippen LogP) is 4.82. The van der Waals surface area contributed by atoms with E-state index >= 15 is 0 Å². The number of ether oxygens (including phenoxy) is 1. The lowest BCUT2D eigenvalue weighted by atomic mass is 10.0. The van der Waals surface area contributed by atoms with Gasteiger partial charge in [0.15, 0.2) is 0 Å². The Morgan fingerprint density at radius 3 is 2.68 bits per heavy atom. The van der Waals surface area contributed by atoms with Crippen LogP contribution in [0.4, 0.5) is 0 Å². The van der Waals surface area contributed by atoms with Gasteiger partial charge in [-0.05, 0) is 65.9 Å². The van der Waals surface area contributed by atoms with Gasteiger partial charge in [-0.2, -0.15) is 0 Å². The Labute approximate surface area is 130 Å². The van der Waals surface area contributed by atoms with Crippen molar-refractivity contribution in [3.8, 4) is 16.9 Å². The van der Waals surface area contributed by atoms with Crippen molar-refractivity contribution in [1.82, 2.24) is 0 Å². The largest absolute Gasteiger partial charge is 0.493 e. The molecule has 2 aromatic carbocycles. The van der Waals surface area contributed by atoms with Gasteiger partial charge in [-0.1, -0.05) is 11.6 Å². The first kappa shape index (κ1) is 14.3. The summed E-state index contributed by atoms with van der Waals surface area (Å²) in [7, 11) is 0. The first-order chi connectivity index (χ1) is 9.15. The Kier molecular flexibility index (Phi) is 4.82. The van der Waals surface area contributed by atoms with E-state index in [9.17, 15) is 4.79 Å². The van der Waals surface area contributed by atoms with Crippen molar-refractivity contribution in [1.29, 1.82) is 0 Å². The highest BCUT2D eigenvalue weighted by atomic mass is 127. The fourth-order valence-electron chi connectivity index (χ4n) is 1.82. The van der Waals surface area contributed by atoms with E-state index in [1.54, 1.807) is 18.2 Å². The summed E-state index contributed by atoms with van der Waals surface area (Å²) < 4.78 is 6.69. The molecule has 2 aromatic rings. The molecule has 0 aliphatic heterocycles. The van der Waals surface area contributed by atoms with Gasteiger partial charge >= 0.3 is 0 Å². The summed E-state index contributed by atoms with van der Waals surface area (Å²) in [5.41, 5.74) is 2.32. The fourth-order valence-corrected chi connectivity index (χ4v) is 2.53. The molecule has 0 unspecified atom stereocenters. The van der Waals surface area contributed by atoms with Crippen LogP contribution in [-0.2, 0) is 0 Å². The monoisotopic (exact) mass is 386 g/mol. The first-order valence-electron chi connectivity index (χ1n) is 5.83. The van der Waals surface area contributed by atoms with Gasteiger partial charge < -0.3 is 4.74 Å². The van der Waals surface area contributed by atoms with Crippen LogP contribution in [0.5, 0.6) is 5.75 Å². The van der Waals surface area contributed by atoms with Crippen LogP contribution in [0.3, 0.4) is 0 Å². The average molecular weight is 387 g/mol. The summed E-state index contributed by atoms with van der Waals surface area (Å²) >= 11 is 8.48. The molecule has 2 nitrogen and oxygen atoms in total. The Morgan fingerprint density at radius 1 is 1.21 bits per heavy atom. The maximum atomic E-state index is 10.9. The number of aldehydes is 1. The maximum absolute atomic E-state index is 10.9. The van der Waals surface area contributed by atoms with Crippen molar-refractivity contribution in [2.75, 3.05) is 6.61 Å². The number of carbonyl (C=O) groups is 1. The molecular formula is C15H12ClIO2. The molecule has 0 aliphatic rings. The number of benzene rings is 2. The second-order valence-electron chi connectivity index (χ2n) is 3.93. The number of rotatable bonds is 4. The van der Waals surface area contributed by atoms with Gasteiger partial charge in [-0.25, -0.2) is 0 Å². The lowest BCUT2D eigenvalue weighted by Gasteiger charge is -2.12. The predicted molar refractivity (Wildman–Crippen MR) is 86.2 cm³/mol. The number of carbonyl (C=O) groups excluding carboxylic acids is 1.